The largest absolute Gasteiger partial charge is 0.494 e. The van der Waals surface area contributed by atoms with Gasteiger partial charge in [-0.05, 0) is 49.7 Å². The molecule has 2 aromatic carbocycles. The van der Waals surface area contributed by atoms with Crippen LogP contribution in [0.4, 0.5) is 5.69 Å². The number of carbonyl (C=O) groups excluding carboxylic acids is 1. The Labute approximate surface area is 130 Å². The summed E-state index contributed by atoms with van der Waals surface area (Å²) in [5, 5.41) is 0. The number of fused-ring (bicyclic) bond motifs is 1. The second-order valence-electron chi connectivity index (χ2n) is 5.24. The Hall–Kier alpha value is -2.49. The number of rotatable bonds is 3. The van der Waals surface area contributed by atoms with Crippen molar-refractivity contribution in [1.29, 1.82) is 0 Å². The van der Waals surface area contributed by atoms with Gasteiger partial charge in [0.25, 0.3) is 5.91 Å². The van der Waals surface area contributed by atoms with E-state index < -0.39 is 0 Å². The van der Waals surface area contributed by atoms with E-state index >= 15 is 0 Å². The molecule has 0 atom stereocenters. The Morgan fingerprint density at radius 3 is 2.95 bits per heavy atom. The number of carbonyl (C=O) groups is 1. The van der Waals surface area contributed by atoms with Crippen molar-refractivity contribution in [2.75, 3.05) is 24.7 Å². The van der Waals surface area contributed by atoms with Crippen molar-refractivity contribution in [1.82, 2.24) is 0 Å². The van der Waals surface area contributed by atoms with E-state index in [9.17, 15) is 4.79 Å². The normalized spacial score (nSPS) is 13.3. The van der Waals surface area contributed by atoms with E-state index in [1.54, 1.807) is 11.0 Å². The molecule has 0 saturated heterocycles. The summed E-state index contributed by atoms with van der Waals surface area (Å²) in [6.07, 6.45) is 0. The van der Waals surface area contributed by atoms with E-state index in [-0.39, 0.29) is 5.91 Å². The maximum atomic E-state index is 12.8. The highest BCUT2D eigenvalue weighted by molar-refractivity contribution is 6.07. The lowest BCUT2D eigenvalue weighted by atomic mass is 10.1. The number of benzene rings is 2. The highest BCUT2D eigenvalue weighted by Crippen LogP contribution is 2.33. The van der Waals surface area contributed by atoms with Gasteiger partial charge >= 0.3 is 0 Å². The van der Waals surface area contributed by atoms with Gasteiger partial charge in [-0.3, -0.25) is 4.79 Å². The zero-order chi connectivity index (χ0) is 15.5. The average Bonchev–Trinajstić information content (AvgIpc) is 2.54. The Morgan fingerprint density at radius 2 is 2.14 bits per heavy atom. The third-order valence-electron chi connectivity index (χ3n) is 3.61. The van der Waals surface area contributed by atoms with E-state index in [0.29, 0.717) is 31.1 Å². The summed E-state index contributed by atoms with van der Waals surface area (Å²) in [5.41, 5.74) is 2.56. The smallest absolute Gasteiger partial charge is 0.258 e. The molecule has 4 heteroatoms. The zero-order valence-electron chi connectivity index (χ0n) is 12.8. The van der Waals surface area contributed by atoms with Crippen LogP contribution in [-0.4, -0.2) is 25.7 Å². The predicted molar refractivity (Wildman–Crippen MR) is 86.0 cm³/mol. The fraction of sp³-hybridized carbons (Fsp3) is 0.278. The van der Waals surface area contributed by atoms with Gasteiger partial charge in [0.2, 0.25) is 0 Å². The topological polar surface area (TPSA) is 38.8 Å². The fourth-order valence-electron chi connectivity index (χ4n) is 2.58. The van der Waals surface area contributed by atoms with E-state index in [1.165, 1.54) is 0 Å². The van der Waals surface area contributed by atoms with Crippen LogP contribution in [-0.2, 0) is 0 Å². The first-order valence-electron chi connectivity index (χ1n) is 7.47. The van der Waals surface area contributed by atoms with Crippen LogP contribution in [0.1, 0.15) is 22.8 Å². The number of hydrogen-bond donors (Lipinski definition) is 0. The molecule has 0 bridgehead atoms. The summed E-state index contributed by atoms with van der Waals surface area (Å²) in [5.74, 6) is 1.44. The lowest BCUT2D eigenvalue weighted by Gasteiger charge is -2.30. The minimum atomic E-state index is -0.0308. The van der Waals surface area contributed by atoms with Crippen molar-refractivity contribution in [2.24, 2.45) is 0 Å². The molecule has 1 aliphatic heterocycles. The fourth-order valence-corrected chi connectivity index (χ4v) is 2.58. The van der Waals surface area contributed by atoms with Crippen molar-refractivity contribution >= 4 is 11.6 Å². The number of amides is 1. The van der Waals surface area contributed by atoms with Crippen LogP contribution < -0.4 is 14.4 Å². The Bertz CT molecular complexity index is 696. The highest BCUT2D eigenvalue weighted by Gasteiger charge is 2.25. The first kappa shape index (κ1) is 14.4. The number of nitrogens with zero attached hydrogens (tertiary/aromatic N) is 1. The van der Waals surface area contributed by atoms with Crippen LogP contribution in [0.15, 0.2) is 42.5 Å². The lowest BCUT2D eigenvalue weighted by Crippen LogP contribution is -2.38. The van der Waals surface area contributed by atoms with Crippen molar-refractivity contribution in [3.8, 4) is 11.5 Å². The minimum Gasteiger partial charge on any atom is -0.494 e. The average molecular weight is 297 g/mol. The van der Waals surface area contributed by atoms with E-state index in [4.69, 9.17) is 9.47 Å². The van der Waals surface area contributed by atoms with Crippen LogP contribution in [0.2, 0.25) is 0 Å². The Kier molecular flexibility index (Phi) is 4.00. The lowest BCUT2D eigenvalue weighted by molar-refractivity contribution is 0.0976. The van der Waals surface area contributed by atoms with Gasteiger partial charge < -0.3 is 14.4 Å². The molecule has 0 aliphatic carbocycles. The molecule has 1 amide bonds. The third kappa shape index (κ3) is 2.77. The van der Waals surface area contributed by atoms with Crippen molar-refractivity contribution in [3.63, 3.8) is 0 Å². The minimum absolute atomic E-state index is 0.0308. The van der Waals surface area contributed by atoms with Gasteiger partial charge in [0.05, 0.1) is 18.8 Å². The Balaban J connectivity index is 1.93. The van der Waals surface area contributed by atoms with Gasteiger partial charge in [0, 0.05) is 5.56 Å². The molecule has 0 N–H and O–H groups in total. The zero-order valence-corrected chi connectivity index (χ0v) is 12.8. The molecule has 0 saturated carbocycles. The van der Waals surface area contributed by atoms with E-state index in [2.05, 4.69) is 0 Å². The van der Waals surface area contributed by atoms with Crippen molar-refractivity contribution < 1.29 is 14.3 Å². The summed E-state index contributed by atoms with van der Waals surface area (Å²) in [6, 6.07) is 13.2. The van der Waals surface area contributed by atoms with Crippen molar-refractivity contribution in [2.45, 2.75) is 13.8 Å². The molecule has 0 fully saturated rings. The molecule has 0 radical (unpaired) electrons. The quantitative estimate of drug-likeness (QED) is 0.871. The maximum absolute atomic E-state index is 12.8. The van der Waals surface area contributed by atoms with Gasteiger partial charge in [-0.2, -0.15) is 0 Å². The molecule has 3 rings (SSSR count). The predicted octanol–water partition coefficient (Wildman–Crippen LogP) is 3.43. The van der Waals surface area contributed by atoms with Gasteiger partial charge in [0.1, 0.15) is 18.1 Å². The first-order chi connectivity index (χ1) is 10.7. The summed E-state index contributed by atoms with van der Waals surface area (Å²) in [7, 11) is 0. The number of hydrogen-bond acceptors (Lipinski definition) is 3. The summed E-state index contributed by atoms with van der Waals surface area (Å²) < 4.78 is 11.1. The molecule has 0 unspecified atom stereocenters. The molecule has 114 valence electrons. The Morgan fingerprint density at radius 1 is 1.27 bits per heavy atom. The van der Waals surface area contributed by atoms with Crippen LogP contribution in [0.25, 0.3) is 0 Å². The number of ether oxygens (including phenoxy) is 2. The molecule has 1 heterocycles. The molecule has 4 nitrogen and oxygen atoms in total. The van der Waals surface area contributed by atoms with Crippen LogP contribution >= 0.6 is 0 Å². The molecule has 1 aliphatic rings. The SMILES string of the molecule is CCOc1cccc(C(=O)N2CCOc3ccc(C)cc32)c1. The van der Waals surface area contributed by atoms with Crippen molar-refractivity contribution in [3.05, 3.63) is 53.6 Å². The second kappa shape index (κ2) is 6.10. The highest BCUT2D eigenvalue weighted by atomic mass is 16.5. The molecule has 22 heavy (non-hydrogen) atoms. The number of anilines is 1. The van der Waals surface area contributed by atoms with Crippen LogP contribution in [0, 0.1) is 6.92 Å². The molecule has 0 aromatic heterocycles. The van der Waals surface area contributed by atoms with E-state index in [0.717, 1.165) is 17.0 Å². The second-order valence-corrected chi connectivity index (χ2v) is 5.24. The van der Waals surface area contributed by atoms with Gasteiger partial charge in [0.15, 0.2) is 0 Å². The van der Waals surface area contributed by atoms with Gasteiger partial charge in [-0.15, -0.1) is 0 Å². The van der Waals surface area contributed by atoms with E-state index in [1.807, 2.05) is 50.2 Å². The number of aryl methyl sites for hydroxylation is 1. The van der Waals surface area contributed by atoms with Gasteiger partial charge in [-0.1, -0.05) is 12.1 Å². The maximum Gasteiger partial charge on any atom is 0.258 e. The summed E-state index contributed by atoms with van der Waals surface area (Å²) >= 11 is 0. The summed E-state index contributed by atoms with van der Waals surface area (Å²) in [4.78, 5) is 14.6. The van der Waals surface area contributed by atoms with Gasteiger partial charge in [-0.25, -0.2) is 0 Å². The molecule has 2 aromatic rings. The standard InChI is InChI=1S/C18H19NO3/c1-3-21-15-6-4-5-14(12-15)18(20)19-9-10-22-17-8-7-13(2)11-16(17)19/h4-8,11-12H,3,9-10H2,1-2H3. The third-order valence-corrected chi connectivity index (χ3v) is 3.61. The molecular formula is C18H19NO3. The van der Waals surface area contributed by atoms with Crippen LogP contribution in [0.5, 0.6) is 11.5 Å². The molecule has 0 spiro atoms. The van der Waals surface area contributed by atoms with Crippen LogP contribution in [0.3, 0.4) is 0 Å². The monoisotopic (exact) mass is 297 g/mol. The summed E-state index contributed by atoms with van der Waals surface area (Å²) in [6.45, 7) is 5.57. The first-order valence-corrected chi connectivity index (χ1v) is 7.47. The molecular weight excluding hydrogens is 278 g/mol.